The number of fused-ring (bicyclic) bond motifs is 5. The van der Waals surface area contributed by atoms with Gasteiger partial charge in [0.1, 0.15) is 70.3 Å². The van der Waals surface area contributed by atoms with Gasteiger partial charge in [-0.3, -0.25) is 9.59 Å². The zero-order chi connectivity index (χ0) is 101. The normalized spacial score (nSPS) is 14.0. The molecule has 0 saturated heterocycles. The summed E-state index contributed by atoms with van der Waals surface area (Å²) in [5.41, 5.74) is -0.330. The van der Waals surface area contributed by atoms with E-state index in [0.29, 0.717) is 143 Å². The van der Waals surface area contributed by atoms with Gasteiger partial charge in [-0.1, -0.05) is 100 Å². The second-order valence-corrected chi connectivity index (χ2v) is 35.2. The molecule has 5 aliphatic rings. The first-order chi connectivity index (χ1) is 64.8. The van der Waals surface area contributed by atoms with Gasteiger partial charge in [-0.15, -0.1) is 0 Å². The first-order valence-corrected chi connectivity index (χ1v) is 44.4. The van der Waals surface area contributed by atoms with Crippen molar-refractivity contribution in [2.45, 2.75) is 143 Å². The highest BCUT2D eigenvalue weighted by Crippen LogP contribution is 2.44. The predicted molar refractivity (Wildman–Crippen MR) is 477 cm³/mol. The summed E-state index contributed by atoms with van der Waals surface area (Å²) in [4.78, 5) is 90.8. The van der Waals surface area contributed by atoms with Gasteiger partial charge in [0.15, 0.2) is 17.1 Å². The van der Waals surface area contributed by atoms with Crippen LogP contribution in [-0.2, 0) is 117 Å². The van der Waals surface area contributed by atoms with E-state index in [0.717, 1.165) is 63.7 Å². The maximum atomic E-state index is 13.3. The second-order valence-electron chi connectivity index (χ2n) is 31.6. The van der Waals surface area contributed by atoms with E-state index in [-0.39, 0.29) is 80.1 Å². The van der Waals surface area contributed by atoms with Crippen molar-refractivity contribution in [2.75, 3.05) is 79.0 Å². The molecule has 0 radical (unpaired) electrons. The number of esters is 3. The average Bonchev–Trinajstić information content (AvgIpc) is 1.60. The number of amides is 2. The molecule has 0 saturated carbocycles. The number of aromatic carboxylic acids is 2. The summed E-state index contributed by atoms with van der Waals surface area (Å²) in [5.74, 6) is -4.82. The van der Waals surface area contributed by atoms with E-state index >= 15 is 0 Å². The van der Waals surface area contributed by atoms with Gasteiger partial charge in [0.2, 0.25) is 0 Å². The molecule has 29 nitrogen and oxygen atoms in total. The molecule has 0 aliphatic carbocycles. The smallest absolute Gasteiger partial charge is 0.436 e. The monoisotopic (exact) mass is 2210 g/mol. The van der Waals surface area contributed by atoms with E-state index < -0.39 is 125 Å². The van der Waals surface area contributed by atoms with Gasteiger partial charge in [-0.2, -0.15) is 91.3 Å². The van der Waals surface area contributed by atoms with Gasteiger partial charge in [0.05, 0.1) is 99.8 Å². The Morgan fingerprint density at radius 3 is 1.04 bits per heavy atom. The van der Waals surface area contributed by atoms with Crippen molar-refractivity contribution in [3.8, 4) is 0 Å². The molecular weight excluding hydrogens is 2130 g/mol. The van der Waals surface area contributed by atoms with Crippen molar-refractivity contribution in [1.82, 2.24) is 59.5 Å². The minimum absolute atomic E-state index is 0.0611. The van der Waals surface area contributed by atoms with Crippen molar-refractivity contribution in [3.63, 3.8) is 0 Å². The fourth-order valence-corrected chi connectivity index (χ4v) is 18.2. The number of aromatic nitrogens is 10. The highest BCUT2D eigenvalue weighted by Gasteiger charge is 2.48. The molecule has 2 amide bonds. The van der Waals surface area contributed by atoms with E-state index in [4.69, 9.17) is 9.84 Å². The molecule has 10 heterocycles. The number of carboxylic acid groups (broad SMARTS) is 2. The van der Waals surface area contributed by atoms with Crippen LogP contribution in [0.25, 0.3) is 0 Å². The predicted octanol–water partition coefficient (Wildman–Crippen LogP) is 19.4. The van der Waals surface area contributed by atoms with Crippen LogP contribution in [0.1, 0.15) is 183 Å². The molecule has 138 heavy (non-hydrogen) atoms. The molecule has 5 aliphatic heterocycles. The first kappa shape index (κ1) is 104. The minimum atomic E-state index is -4.85. The lowest BCUT2D eigenvalue weighted by atomic mass is 10.1. The molecule has 5 aromatic heterocycles. The molecule has 2 atom stereocenters. The Bertz CT molecular complexity index is 6440. The molecule has 0 bridgehead atoms. The number of aryl methyl sites for hydroxylation is 2. The van der Waals surface area contributed by atoms with Gasteiger partial charge in [0, 0.05) is 76.8 Å². The van der Waals surface area contributed by atoms with E-state index in [1.54, 1.807) is 120 Å². The fraction of sp³-hybridized carbons (Fsp3) is 0.341. The maximum Gasteiger partial charge on any atom is 0.436 e. The SMILES string of the molecule is COC(=O)c1c(C(F)(F)F)nn2c1N(Cc1cc(Br)cc(CF)c1)CC2.COC(=O)c1c(C(F)(F)F)nn2c1NCC2.COC(=O)c1ccc([C@H](C)NC(=O)c2c(C)nn3c2N(Cc2cc(Br)cc(C(F)(F)F)c2)CC3)cc1.Cc1nn2c(c1C(=O)N[C@@H](C)c1ccc(C(=O)O)cc1)N(Cc1cc(Br)cc(C(F)(F)F)c1)CC2.O=C(O)c1c(C(F)(F)F)nn2c1N(Cc1cc(Br)cc(CF)c1)CC2. The van der Waals surface area contributed by atoms with Crippen molar-refractivity contribution in [3.05, 3.63) is 262 Å². The maximum absolute atomic E-state index is 13.3. The third kappa shape index (κ3) is 24.0. The third-order valence-electron chi connectivity index (χ3n) is 22.0. The summed E-state index contributed by atoms with van der Waals surface area (Å²) in [6.45, 7) is 10.3. The number of methoxy groups -OCH3 is 3. The van der Waals surface area contributed by atoms with Gasteiger partial charge in [-0.25, -0.2) is 56.2 Å². The van der Waals surface area contributed by atoms with Gasteiger partial charge < -0.3 is 60.0 Å². The number of hydrogen-bond acceptors (Lipinski definition) is 20. The van der Waals surface area contributed by atoms with Gasteiger partial charge >= 0.3 is 60.7 Å². The lowest BCUT2D eigenvalue weighted by Gasteiger charge is -2.21. The number of anilines is 5. The molecule has 0 fully saturated rings. The third-order valence-corrected chi connectivity index (χ3v) is 23.8. The fourth-order valence-electron chi connectivity index (χ4n) is 16.0. The molecule has 11 aromatic rings. The molecule has 736 valence electrons. The van der Waals surface area contributed by atoms with Crippen LogP contribution in [0.2, 0.25) is 0 Å². The van der Waals surface area contributed by atoms with Crippen LogP contribution in [-0.4, -0.2) is 155 Å². The average molecular weight is 2210 g/mol. The number of nitrogens with one attached hydrogen (secondary N) is 3. The number of halogens is 21. The van der Waals surface area contributed by atoms with Crippen LogP contribution in [0.15, 0.2) is 139 Å². The van der Waals surface area contributed by atoms with Crippen molar-refractivity contribution in [2.24, 2.45) is 0 Å². The Morgan fingerprint density at radius 1 is 0.377 bits per heavy atom. The van der Waals surface area contributed by atoms with E-state index in [1.807, 2.05) is 16.7 Å². The Labute approximate surface area is 806 Å². The van der Waals surface area contributed by atoms with Gasteiger partial charge in [0.25, 0.3) is 11.8 Å². The van der Waals surface area contributed by atoms with Crippen molar-refractivity contribution in [1.29, 1.82) is 0 Å². The Balaban J connectivity index is 0.000000158. The summed E-state index contributed by atoms with van der Waals surface area (Å²) in [6, 6.07) is 29.7. The number of nitrogens with zero attached hydrogens (tertiary/aromatic N) is 14. The molecule has 0 unspecified atom stereocenters. The number of carbonyl (C=O) groups excluding carboxylic acids is 5. The number of carbonyl (C=O) groups is 7. The molecule has 50 heteroatoms. The largest absolute Gasteiger partial charge is 0.478 e. The van der Waals surface area contributed by atoms with Crippen LogP contribution < -0.4 is 35.6 Å². The zero-order valence-corrected chi connectivity index (χ0v) is 79.5. The molecule has 5 N–H and O–H groups in total. The van der Waals surface area contributed by atoms with Crippen molar-refractivity contribution < 1.29 is 133 Å². The van der Waals surface area contributed by atoms with Crippen LogP contribution in [0, 0.1) is 13.8 Å². The first-order valence-electron chi connectivity index (χ1n) is 41.2. The quantitative estimate of drug-likeness (QED) is 0.0253. The number of carboxylic acids is 2. The Morgan fingerprint density at radius 2 is 0.688 bits per heavy atom. The number of alkyl halides is 17. The van der Waals surface area contributed by atoms with Crippen LogP contribution in [0.3, 0.4) is 0 Å². The molecule has 0 spiro atoms. The lowest BCUT2D eigenvalue weighted by Crippen LogP contribution is -2.29. The lowest BCUT2D eigenvalue weighted by molar-refractivity contribution is -0.142. The van der Waals surface area contributed by atoms with E-state index in [2.05, 4.69) is 115 Å². The summed E-state index contributed by atoms with van der Waals surface area (Å²) >= 11 is 12.9. The summed E-state index contributed by atoms with van der Waals surface area (Å²) in [7, 11) is 3.36. The molecule has 6 aromatic carbocycles. The van der Waals surface area contributed by atoms with Crippen LogP contribution >= 0.6 is 63.7 Å². The Hall–Kier alpha value is -12.6. The van der Waals surface area contributed by atoms with E-state index in [1.165, 1.54) is 24.1 Å². The topological polar surface area (TPSA) is 326 Å². The summed E-state index contributed by atoms with van der Waals surface area (Å²) in [5, 5.41) is 46.1. The van der Waals surface area contributed by atoms with E-state index in [9.17, 15) is 113 Å². The van der Waals surface area contributed by atoms with Crippen LogP contribution in [0.4, 0.5) is 104 Å². The highest BCUT2D eigenvalue weighted by atomic mass is 79.9. The van der Waals surface area contributed by atoms with Crippen LogP contribution in [0.5, 0.6) is 0 Å². The number of rotatable bonds is 21. The zero-order valence-electron chi connectivity index (χ0n) is 73.2. The number of hydrogen-bond donors (Lipinski definition) is 5. The molecule has 16 rings (SSSR count). The second kappa shape index (κ2) is 42.4. The number of benzene rings is 6. The standard InChI is InChI=1S/C25H24BrF3N4O3.C24H22BrF3N4O3.C16H14BrF4N3O2.C15H12BrF4N3O2.C8H8F3N3O2/c1-14(17-4-6-18(7-5-17)24(35)36-3)30-22(34)21-15(2)31-33-9-8-32(23(21)33)13-16-10-19(25(27,28)29)12-20(26)11-16;1-13(16-3-5-17(6-4-16)23(34)35)29-21(33)20-14(2)30-32-8-7-31(22(20)32)12-15-9-18(24(26,27)28)11-19(25)10-15;1-26-15(25)12-13(16(19,20)21)22-24-3-2-23(14(12)24)8-10-4-9(7-18)5-11(17)6-10;16-10-4-8(6-17)3-9(5-10)7-22-1-2-23-13(22)11(14(24)25)12(21-23)15(18,19)20;1-16-7(15)4-5(8(9,10)11)13-14-3-2-12-6(4)14/h4-7,10-12,14H,8-9,13H2,1-3H3,(H,30,34);3-6,9-11,13H,7-8,12H2,1-2H3,(H,29,33)(H,34,35);4-6H,2-3,7-8H2,1H3;3-5H,1-2,6-7H2,(H,24,25);12H,2-3H2,1H3/t14-;13-;;;/m00.../s1. The van der Waals surface area contributed by atoms with Gasteiger partial charge in [-0.05, 0) is 157 Å². The molecular formula is C88H80Br4F17N17O12. The highest BCUT2D eigenvalue weighted by molar-refractivity contribution is 9.11. The summed E-state index contributed by atoms with van der Waals surface area (Å²) < 4.78 is 244. The summed E-state index contributed by atoms with van der Waals surface area (Å²) in [6.07, 6.45) is -23.2. The number of ether oxygens (including phenoxy) is 3. The van der Waals surface area contributed by atoms with Crippen molar-refractivity contribution >= 4 is 134 Å². The Kier molecular flexibility index (Phi) is 32.0. The minimum Gasteiger partial charge on any atom is -0.478 e.